The number of anilines is 1. The van der Waals surface area contributed by atoms with Crippen molar-refractivity contribution in [3.63, 3.8) is 0 Å². The number of aryl methyl sites for hydroxylation is 2. The smallest absolute Gasteiger partial charge is 0.259 e. The van der Waals surface area contributed by atoms with E-state index in [0.717, 1.165) is 35.6 Å². The molecule has 0 fully saturated rings. The van der Waals surface area contributed by atoms with E-state index in [-0.39, 0.29) is 13.2 Å². The highest BCUT2D eigenvalue weighted by molar-refractivity contribution is 6.32. The molecule has 2 N–H and O–H groups in total. The van der Waals surface area contributed by atoms with Crippen LogP contribution in [0.2, 0.25) is 5.02 Å². The van der Waals surface area contributed by atoms with Crippen LogP contribution in [-0.4, -0.2) is 57.7 Å². The molecule has 0 aliphatic heterocycles. The maximum absolute atomic E-state index is 9.48. The lowest BCUT2D eigenvalue weighted by molar-refractivity contribution is 0.0534. The fraction of sp³-hybridized carbons (Fsp3) is 0.409. The van der Waals surface area contributed by atoms with Gasteiger partial charge in [-0.15, -0.1) is 0 Å². The standard InChI is InChI=1S/C22H27ClN4O4/c1-5-27(6-2)21-14(4)8-16(10-24-21)22-25-20(26-31-22)15-7-13(3)19(18(23)9-15)30-12-17(29)11-28/h7-10,17,28-29H,5-6,11-12H2,1-4H3/t17-/m0/s1. The molecule has 8 nitrogen and oxygen atoms in total. The first kappa shape index (κ1) is 23.0. The molecule has 9 heteroatoms. The number of aromatic nitrogens is 3. The number of benzene rings is 1. The Kier molecular flexibility index (Phi) is 7.48. The lowest BCUT2D eigenvalue weighted by Crippen LogP contribution is -2.23. The van der Waals surface area contributed by atoms with Gasteiger partial charge in [-0.2, -0.15) is 4.98 Å². The molecular weight excluding hydrogens is 420 g/mol. The van der Waals surface area contributed by atoms with E-state index in [1.165, 1.54) is 0 Å². The lowest BCUT2D eigenvalue weighted by atomic mass is 10.1. The number of nitrogens with zero attached hydrogens (tertiary/aromatic N) is 4. The van der Waals surface area contributed by atoms with Crippen molar-refractivity contribution in [2.24, 2.45) is 0 Å². The van der Waals surface area contributed by atoms with Crippen LogP contribution < -0.4 is 9.64 Å². The largest absolute Gasteiger partial charge is 0.489 e. The number of hydrogen-bond donors (Lipinski definition) is 2. The van der Waals surface area contributed by atoms with E-state index in [4.69, 9.17) is 26.0 Å². The van der Waals surface area contributed by atoms with Crippen LogP contribution in [0.3, 0.4) is 0 Å². The van der Waals surface area contributed by atoms with Crippen molar-refractivity contribution >= 4 is 17.4 Å². The van der Waals surface area contributed by atoms with Gasteiger partial charge in [0.25, 0.3) is 5.89 Å². The maximum atomic E-state index is 9.48. The molecular formula is C22H27ClN4O4. The van der Waals surface area contributed by atoms with Crippen LogP contribution in [0.5, 0.6) is 5.75 Å². The molecule has 3 aromatic rings. The predicted molar refractivity (Wildman–Crippen MR) is 120 cm³/mol. The van der Waals surface area contributed by atoms with Gasteiger partial charge < -0.3 is 24.4 Å². The highest BCUT2D eigenvalue weighted by Gasteiger charge is 2.17. The number of pyridine rings is 1. The van der Waals surface area contributed by atoms with Crippen LogP contribution in [0.1, 0.15) is 25.0 Å². The third-order valence-corrected chi connectivity index (χ3v) is 5.19. The van der Waals surface area contributed by atoms with Crippen LogP contribution in [0.15, 0.2) is 28.9 Å². The molecule has 0 saturated heterocycles. The van der Waals surface area contributed by atoms with E-state index in [2.05, 4.69) is 33.9 Å². The zero-order chi connectivity index (χ0) is 22.5. The van der Waals surface area contributed by atoms with E-state index < -0.39 is 6.10 Å². The molecule has 0 aliphatic rings. The Morgan fingerprint density at radius 2 is 1.84 bits per heavy atom. The molecule has 1 aromatic carbocycles. The SMILES string of the molecule is CCN(CC)c1ncc(-c2nc(-c3cc(C)c(OC[C@@H](O)CO)c(Cl)c3)no2)cc1C. The number of aliphatic hydroxyl groups excluding tert-OH is 2. The Labute approximate surface area is 186 Å². The Bertz CT molecular complexity index is 1010. The van der Waals surface area contributed by atoms with E-state index in [1.54, 1.807) is 12.3 Å². The van der Waals surface area contributed by atoms with Gasteiger partial charge in [0.05, 0.1) is 17.2 Å². The second-order valence-corrected chi connectivity index (χ2v) is 7.62. The third-order valence-electron chi connectivity index (χ3n) is 4.90. The van der Waals surface area contributed by atoms with E-state index >= 15 is 0 Å². The summed E-state index contributed by atoms with van der Waals surface area (Å²) in [4.78, 5) is 11.3. The molecule has 0 aliphatic carbocycles. The van der Waals surface area contributed by atoms with Crippen LogP contribution in [-0.2, 0) is 0 Å². The quantitative estimate of drug-likeness (QED) is 0.513. The zero-order valence-electron chi connectivity index (χ0n) is 18.1. The molecule has 0 amide bonds. The number of aliphatic hydroxyl groups is 2. The first-order valence-corrected chi connectivity index (χ1v) is 10.5. The van der Waals surface area contributed by atoms with Crippen LogP contribution in [0, 0.1) is 13.8 Å². The van der Waals surface area contributed by atoms with E-state index in [1.807, 2.05) is 26.0 Å². The van der Waals surface area contributed by atoms with Crippen molar-refractivity contribution in [1.82, 2.24) is 15.1 Å². The highest BCUT2D eigenvalue weighted by atomic mass is 35.5. The van der Waals surface area contributed by atoms with Crippen molar-refractivity contribution in [3.8, 4) is 28.6 Å². The second kappa shape index (κ2) is 10.1. The molecule has 1 atom stereocenters. The fourth-order valence-electron chi connectivity index (χ4n) is 3.27. The minimum atomic E-state index is -0.972. The normalized spacial score (nSPS) is 12.1. The minimum Gasteiger partial charge on any atom is -0.489 e. The number of hydrogen-bond acceptors (Lipinski definition) is 8. The summed E-state index contributed by atoms with van der Waals surface area (Å²) in [5, 5.41) is 22.8. The van der Waals surface area contributed by atoms with E-state index in [9.17, 15) is 5.11 Å². The van der Waals surface area contributed by atoms with Crippen LogP contribution in [0.25, 0.3) is 22.8 Å². The monoisotopic (exact) mass is 446 g/mol. The number of halogens is 1. The van der Waals surface area contributed by atoms with Gasteiger partial charge in [0.2, 0.25) is 5.82 Å². The van der Waals surface area contributed by atoms with Crippen molar-refractivity contribution in [2.75, 3.05) is 31.2 Å². The first-order valence-electron chi connectivity index (χ1n) is 10.2. The van der Waals surface area contributed by atoms with Crippen molar-refractivity contribution in [2.45, 2.75) is 33.8 Å². The summed E-state index contributed by atoms with van der Waals surface area (Å²) < 4.78 is 11.0. The average Bonchev–Trinajstić information content (AvgIpc) is 3.25. The zero-order valence-corrected chi connectivity index (χ0v) is 18.8. The lowest BCUT2D eigenvalue weighted by Gasteiger charge is -2.21. The Morgan fingerprint density at radius 1 is 1.13 bits per heavy atom. The maximum Gasteiger partial charge on any atom is 0.259 e. The Morgan fingerprint density at radius 3 is 2.45 bits per heavy atom. The molecule has 0 spiro atoms. The molecule has 31 heavy (non-hydrogen) atoms. The van der Waals surface area contributed by atoms with Crippen molar-refractivity contribution < 1.29 is 19.5 Å². The van der Waals surface area contributed by atoms with Crippen molar-refractivity contribution in [1.29, 1.82) is 0 Å². The van der Waals surface area contributed by atoms with Gasteiger partial charge in [-0.3, -0.25) is 0 Å². The van der Waals surface area contributed by atoms with Gasteiger partial charge in [0, 0.05) is 24.8 Å². The summed E-state index contributed by atoms with van der Waals surface area (Å²) in [7, 11) is 0. The molecule has 0 bridgehead atoms. The summed E-state index contributed by atoms with van der Waals surface area (Å²) in [6.45, 7) is 9.36. The topological polar surface area (TPSA) is 105 Å². The molecule has 3 rings (SSSR count). The fourth-order valence-corrected chi connectivity index (χ4v) is 3.59. The molecule has 2 heterocycles. The third kappa shape index (κ3) is 5.15. The number of ether oxygens (including phenoxy) is 1. The summed E-state index contributed by atoms with van der Waals surface area (Å²) in [6.07, 6.45) is 0.764. The summed E-state index contributed by atoms with van der Waals surface area (Å²) in [5.74, 6) is 2.15. The Balaban J connectivity index is 1.85. The van der Waals surface area contributed by atoms with Crippen LogP contribution in [0.4, 0.5) is 5.82 Å². The van der Waals surface area contributed by atoms with Gasteiger partial charge in [0.15, 0.2) is 0 Å². The van der Waals surface area contributed by atoms with Gasteiger partial charge >= 0.3 is 0 Å². The molecule has 2 aromatic heterocycles. The summed E-state index contributed by atoms with van der Waals surface area (Å²) in [5.41, 5.74) is 3.21. The van der Waals surface area contributed by atoms with Crippen molar-refractivity contribution in [3.05, 3.63) is 40.5 Å². The van der Waals surface area contributed by atoms with Gasteiger partial charge in [-0.1, -0.05) is 16.8 Å². The van der Waals surface area contributed by atoms with Gasteiger partial charge in [-0.25, -0.2) is 4.98 Å². The van der Waals surface area contributed by atoms with Gasteiger partial charge in [-0.05, 0) is 57.0 Å². The predicted octanol–water partition coefficient (Wildman–Crippen LogP) is 3.65. The molecule has 166 valence electrons. The minimum absolute atomic E-state index is 0.0569. The Hall–Kier alpha value is -2.68. The van der Waals surface area contributed by atoms with Gasteiger partial charge in [0.1, 0.15) is 24.3 Å². The summed E-state index contributed by atoms with van der Waals surface area (Å²) >= 11 is 6.36. The van der Waals surface area contributed by atoms with E-state index in [0.29, 0.717) is 28.1 Å². The average molecular weight is 447 g/mol. The van der Waals surface area contributed by atoms with Crippen LogP contribution >= 0.6 is 11.6 Å². The molecule has 0 radical (unpaired) electrons. The second-order valence-electron chi connectivity index (χ2n) is 7.21. The molecule has 0 unspecified atom stereocenters. The highest BCUT2D eigenvalue weighted by Crippen LogP contribution is 2.34. The molecule has 0 saturated carbocycles. The summed E-state index contributed by atoms with van der Waals surface area (Å²) in [6, 6.07) is 5.49. The number of rotatable bonds is 9. The first-order chi connectivity index (χ1) is 14.9.